The van der Waals surface area contributed by atoms with Gasteiger partial charge in [-0.25, -0.2) is 15.0 Å². The molecule has 0 bridgehead atoms. The predicted octanol–water partition coefficient (Wildman–Crippen LogP) is 1.32. The van der Waals surface area contributed by atoms with Gasteiger partial charge in [-0.1, -0.05) is 6.07 Å². The van der Waals surface area contributed by atoms with Gasteiger partial charge < -0.3 is 14.4 Å². The van der Waals surface area contributed by atoms with E-state index in [2.05, 4.69) is 15.0 Å². The number of hydrogen-bond acceptors (Lipinski definition) is 6. The molecule has 1 unspecified atom stereocenters. The van der Waals surface area contributed by atoms with Crippen LogP contribution in [-0.4, -0.2) is 57.2 Å². The summed E-state index contributed by atoms with van der Waals surface area (Å²) in [6.45, 7) is 1.72. The molecule has 2 fully saturated rings. The lowest BCUT2D eigenvalue weighted by Crippen LogP contribution is -2.67. The lowest BCUT2D eigenvalue weighted by Gasteiger charge is -2.52. The third-order valence-corrected chi connectivity index (χ3v) is 4.38. The van der Waals surface area contributed by atoms with Crippen LogP contribution in [0.15, 0.2) is 42.9 Å². The first-order valence-corrected chi connectivity index (χ1v) is 8.02. The van der Waals surface area contributed by atoms with Crippen LogP contribution in [0.3, 0.4) is 0 Å². The molecule has 124 valence electrons. The molecule has 2 aliphatic heterocycles. The summed E-state index contributed by atoms with van der Waals surface area (Å²) in [5.41, 5.74) is -0.317. The Kier molecular flexibility index (Phi) is 3.86. The highest BCUT2D eigenvalue weighted by Gasteiger charge is 2.50. The maximum absolute atomic E-state index is 12.3. The number of aromatic nitrogens is 3. The molecule has 4 rings (SSSR count). The Balaban J connectivity index is 1.36. The zero-order chi connectivity index (χ0) is 16.4. The van der Waals surface area contributed by atoms with Gasteiger partial charge >= 0.3 is 0 Å². The van der Waals surface area contributed by atoms with Gasteiger partial charge in [0.25, 0.3) is 5.91 Å². The lowest BCUT2D eigenvalue weighted by atomic mass is 9.84. The topological polar surface area (TPSA) is 77.4 Å². The Hall–Kier alpha value is -2.54. The second-order valence-corrected chi connectivity index (χ2v) is 6.17. The van der Waals surface area contributed by atoms with Crippen molar-refractivity contribution in [1.29, 1.82) is 0 Å². The second-order valence-electron chi connectivity index (χ2n) is 6.17. The highest BCUT2D eigenvalue weighted by atomic mass is 16.5. The molecule has 0 saturated carbocycles. The third kappa shape index (κ3) is 2.94. The van der Waals surface area contributed by atoms with Crippen LogP contribution in [0.2, 0.25) is 0 Å². The molecule has 24 heavy (non-hydrogen) atoms. The number of rotatable bonds is 3. The molecule has 4 heterocycles. The fourth-order valence-electron chi connectivity index (χ4n) is 3.24. The van der Waals surface area contributed by atoms with Gasteiger partial charge in [0.15, 0.2) is 0 Å². The molecule has 7 heteroatoms. The second kappa shape index (κ2) is 6.16. The first kappa shape index (κ1) is 15.0. The van der Waals surface area contributed by atoms with E-state index < -0.39 is 0 Å². The van der Waals surface area contributed by atoms with Crippen molar-refractivity contribution >= 4 is 5.91 Å². The summed E-state index contributed by atoms with van der Waals surface area (Å²) in [6, 6.07) is 7.31. The number of amides is 1. The Labute approximate surface area is 139 Å². The lowest BCUT2D eigenvalue weighted by molar-refractivity contribution is -0.174. The van der Waals surface area contributed by atoms with E-state index >= 15 is 0 Å². The van der Waals surface area contributed by atoms with Gasteiger partial charge in [-0.05, 0) is 12.1 Å². The molecular formula is C17H18N4O3. The Bertz CT molecular complexity index is 704. The van der Waals surface area contributed by atoms with Crippen molar-refractivity contribution < 1.29 is 14.3 Å². The number of hydrogen-bond donors (Lipinski definition) is 0. The molecular weight excluding hydrogens is 308 g/mol. The molecule has 0 radical (unpaired) electrons. The maximum Gasteiger partial charge on any atom is 0.291 e. The molecule has 2 aromatic heterocycles. The van der Waals surface area contributed by atoms with Crippen LogP contribution in [0.4, 0.5) is 0 Å². The zero-order valence-electron chi connectivity index (χ0n) is 13.2. The van der Waals surface area contributed by atoms with Gasteiger partial charge in [0.05, 0.1) is 19.7 Å². The quantitative estimate of drug-likeness (QED) is 0.847. The van der Waals surface area contributed by atoms with Crippen molar-refractivity contribution in [3.8, 4) is 5.88 Å². The van der Waals surface area contributed by atoms with Crippen LogP contribution in [0.5, 0.6) is 5.88 Å². The molecule has 2 aliphatic rings. The van der Waals surface area contributed by atoms with Crippen molar-refractivity contribution in [2.75, 3.05) is 19.7 Å². The van der Waals surface area contributed by atoms with E-state index in [0.29, 0.717) is 25.6 Å². The number of carbonyl (C=O) groups excluding carboxylic acids is 1. The zero-order valence-corrected chi connectivity index (χ0v) is 13.2. The van der Waals surface area contributed by atoms with Crippen LogP contribution >= 0.6 is 0 Å². The van der Waals surface area contributed by atoms with Gasteiger partial charge in [0, 0.05) is 37.5 Å². The fraction of sp³-hybridized carbons (Fsp3) is 0.412. The summed E-state index contributed by atoms with van der Waals surface area (Å²) in [7, 11) is 0. The monoisotopic (exact) mass is 326 g/mol. The van der Waals surface area contributed by atoms with E-state index in [4.69, 9.17) is 9.47 Å². The van der Waals surface area contributed by atoms with Gasteiger partial charge in [0.1, 0.15) is 11.7 Å². The van der Waals surface area contributed by atoms with E-state index in [1.54, 1.807) is 29.6 Å². The Morgan fingerprint density at radius 2 is 1.96 bits per heavy atom. The van der Waals surface area contributed by atoms with Gasteiger partial charge in [-0.3, -0.25) is 4.79 Å². The van der Waals surface area contributed by atoms with Crippen molar-refractivity contribution in [3.63, 3.8) is 0 Å². The average Bonchev–Trinajstić information content (AvgIpc) is 2.61. The molecule has 0 N–H and O–H groups in total. The first-order valence-electron chi connectivity index (χ1n) is 8.02. The maximum atomic E-state index is 12.3. The molecule has 0 aliphatic carbocycles. The van der Waals surface area contributed by atoms with Crippen LogP contribution in [0.1, 0.15) is 23.5 Å². The number of carbonyl (C=O) groups is 1. The van der Waals surface area contributed by atoms with E-state index in [1.165, 1.54) is 0 Å². The van der Waals surface area contributed by atoms with Gasteiger partial charge in [0.2, 0.25) is 11.7 Å². The molecule has 1 atom stereocenters. The van der Waals surface area contributed by atoms with Gasteiger partial charge in [-0.2, -0.15) is 0 Å². The normalized spacial score (nSPS) is 22.0. The standard InChI is InChI=1S/C17H18N4O3/c22-16(15-19-7-3-8-20-15)21-11-17(12-21)10-13(5-9-23-17)24-14-4-1-2-6-18-14/h1-4,6-8,13H,5,9-12H2. The summed E-state index contributed by atoms with van der Waals surface area (Å²) in [6.07, 6.45) is 6.50. The molecule has 2 aromatic rings. The largest absolute Gasteiger partial charge is 0.474 e. The minimum absolute atomic E-state index is 0.0545. The number of pyridine rings is 1. The van der Waals surface area contributed by atoms with Crippen molar-refractivity contribution in [2.45, 2.75) is 24.5 Å². The third-order valence-electron chi connectivity index (χ3n) is 4.38. The number of ether oxygens (including phenoxy) is 2. The minimum Gasteiger partial charge on any atom is -0.474 e. The summed E-state index contributed by atoms with van der Waals surface area (Å²) in [5.74, 6) is 0.700. The van der Waals surface area contributed by atoms with Crippen molar-refractivity contribution in [1.82, 2.24) is 19.9 Å². The molecule has 0 aromatic carbocycles. The van der Waals surface area contributed by atoms with Crippen LogP contribution in [0, 0.1) is 0 Å². The average molecular weight is 326 g/mol. The predicted molar refractivity (Wildman–Crippen MR) is 84.5 cm³/mol. The molecule has 1 amide bonds. The highest BCUT2D eigenvalue weighted by molar-refractivity contribution is 5.91. The SMILES string of the molecule is O=C(c1ncccn1)N1CC2(CC(Oc3ccccn3)CCO2)C1. The van der Waals surface area contributed by atoms with E-state index in [0.717, 1.165) is 12.8 Å². The smallest absolute Gasteiger partial charge is 0.291 e. The van der Waals surface area contributed by atoms with Crippen molar-refractivity contribution in [2.24, 2.45) is 0 Å². The summed E-state index contributed by atoms with van der Waals surface area (Å²) < 4.78 is 11.9. The van der Waals surface area contributed by atoms with Gasteiger partial charge in [-0.15, -0.1) is 0 Å². The summed E-state index contributed by atoms with van der Waals surface area (Å²) in [5, 5.41) is 0. The van der Waals surface area contributed by atoms with Crippen LogP contribution in [-0.2, 0) is 4.74 Å². The van der Waals surface area contributed by atoms with Crippen LogP contribution in [0.25, 0.3) is 0 Å². The molecule has 7 nitrogen and oxygen atoms in total. The minimum atomic E-state index is -0.317. The first-order chi connectivity index (χ1) is 11.7. The molecule has 1 spiro atoms. The number of nitrogens with zero attached hydrogens (tertiary/aromatic N) is 4. The number of likely N-dealkylation sites (tertiary alicyclic amines) is 1. The van der Waals surface area contributed by atoms with Crippen molar-refractivity contribution in [3.05, 3.63) is 48.7 Å². The van der Waals surface area contributed by atoms with Crippen LogP contribution < -0.4 is 4.74 Å². The Morgan fingerprint density at radius 3 is 2.71 bits per heavy atom. The fourth-order valence-corrected chi connectivity index (χ4v) is 3.24. The molecule has 2 saturated heterocycles. The van der Waals surface area contributed by atoms with E-state index in [1.807, 2.05) is 18.2 Å². The van der Waals surface area contributed by atoms with E-state index in [9.17, 15) is 4.79 Å². The highest BCUT2D eigenvalue weighted by Crippen LogP contribution is 2.36. The summed E-state index contributed by atoms with van der Waals surface area (Å²) >= 11 is 0. The Morgan fingerprint density at radius 1 is 1.17 bits per heavy atom. The summed E-state index contributed by atoms with van der Waals surface area (Å²) in [4.78, 5) is 26.3. The van der Waals surface area contributed by atoms with E-state index in [-0.39, 0.29) is 23.4 Å².